The number of ether oxygens (including phenoxy) is 2. The lowest BCUT2D eigenvalue weighted by atomic mass is 10.1. The van der Waals surface area contributed by atoms with Crippen molar-refractivity contribution >= 4 is 29.4 Å². The number of hydrogen-bond acceptors (Lipinski definition) is 6. The van der Waals surface area contributed by atoms with E-state index in [-0.39, 0.29) is 6.61 Å². The molecule has 0 atom stereocenters. The Bertz CT molecular complexity index is 1070. The van der Waals surface area contributed by atoms with Crippen molar-refractivity contribution in [1.82, 2.24) is 0 Å². The Balaban J connectivity index is 1.53. The smallest absolute Gasteiger partial charge is 0.343 e. The zero-order valence-corrected chi connectivity index (χ0v) is 16.5. The van der Waals surface area contributed by atoms with Crippen LogP contribution in [-0.4, -0.2) is 11.9 Å². The van der Waals surface area contributed by atoms with Gasteiger partial charge in [0.05, 0.1) is 5.56 Å². The van der Waals surface area contributed by atoms with Gasteiger partial charge in [0.15, 0.2) is 0 Å². The maximum atomic E-state index is 12.1. The van der Waals surface area contributed by atoms with Crippen LogP contribution in [0.4, 0.5) is 11.4 Å². The van der Waals surface area contributed by atoms with E-state index >= 15 is 0 Å². The molecule has 0 amide bonds. The van der Waals surface area contributed by atoms with E-state index in [2.05, 4.69) is 0 Å². The van der Waals surface area contributed by atoms with Gasteiger partial charge in [0.25, 0.3) is 0 Å². The van der Waals surface area contributed by atoms with Gasteiger partial charge >= 0.3 is 11.9 Å². The molecule has 3 aromatic carbocycles. The minimum atomic E-state index is -0.499. The molecular weight excluding hydrogens is 380 g/mol. The van der Waals surface area contributed by atoms with Crippen LogP contribution in [-0.2, 0) is 16.1 Å². The maximum absolute atomic E-state index is 12.1. The second kappa shape index (κ2) is 9.43. The molecule has 4 N–H and O–H groups in total. The Morgan fingerprint density at radius 2 is 1.63 bits per heavy atom. The van der Waals surface area contributed by atoms with Crippen LogP contribution in [0.3, 0.4) is 0 Å². The second-order valence-corrected chi connectivity index (χ2v) is 6.72. The minimum Gasteiger partial charge on any atom is -0.458 e. The van der Waals surface area contributed by atoms with Gasteiger partial charge < -0.3 is 20.9 Å². The Morgan fingerprint density at radius 3 is 2.30 bits per heavy atom. The summed E-state index contributed by atoms with van der Waals surface area (Å²) >= 11 is 0. The molecule has 6 heteroatoms. The SMILES string of the molecule is Cc1ccc(C(=O)Oc2ccc(/C=C/C(=O)OCc3ccc(N)cc3N)cc2)cc1. The van der Waals surface area contributed by atoms with E-state index in [0.717, 1.165) is 11.1 Å². The number of nitrogen functional groups attached to an aromatic ring is 2. The average Bonchev–Trinajstić information content (AvgIpc) is 2.73. The first-order chi connectivity index (χ1) is 14.4. The quantitative estimate of drug-likeness (QED) is 0.278. The lowest BCUT2D eigenvalue weighted by molar-refractivity contribution is -0.138. The first-order valence-electron chi connectivity index (χ1n) is 9.28. The van der Waals surface area contributed by atoms with E-state index in [1.54, 1.807) is 60.7 Å². The van der Waals surface area contributed by atoms with Crippen LogP contribution in [0.5, 0.6) is 5.75 Å². The highest BCUT2D eigenvalue weighted by atomic mass is 16.5. The lowest BCUT2D eigenvalue weighted by Gasteiger charge is -2.06. The lowest BCUT2D eigenvalue weighted by Crippen LogP contribution is -2.08. The molecule has 3 aromatic rings. The van der Waals surface area contributed by atoms with Crippen LogP contribution < -0.4 is 16.2 Å². The van der Waals surface area contributed by atoms with Gasteiger partial charge in [-0.1, -0.05) is 35.9 Å². The third-order valence-electron chi connectivity index (χ3n) is 4.33. The van der Waals surface area contributed by atoms with Crippen LogP contribution in [0, 0.1) is 6.92 Å². The van der Waals surface area contributed by atoms with E-state index in [1.165, 1.54) is 6.08 Å². The van der Waals surface area contributed by atoms with Gasteiger partial charge in [0.1, 0.15) is 12.4 Å². The fourth-order valence-electron chi connectivity index (χ4n) is 2.61. The van der Waals surface area contributed by atoms with E-state index in [0.29, 0.717) is 28.3 Å². The van der Waals surface area contributed by atoms with E-state index in [1.807, 2.05) is 19.1 Å². The minimum absolute atomic E-state index is 0.0587. The Kier molecular flexibility index (Phi) is 6.49. The number of anilines is 2. The summed E-state index contributed by atoms with van der Waals surface area (Å²) in [4.78, 5) is 24.1. The van der Waals surface area contributed by atoms with E-state index in [4.69, 9.17) is 20.9 Å². The monoisotopic (exact) mass is 402 g/mol. The van der Waals surface area contributed by atoms with Gasteiger partial charge in [-0.15, -0.1) is 0 Å². The van der Waals surface area contributed by atoms with Crippen molar-refractivity contribution in [2.24, 2.45) is 0 Å². The molecule has 0 spiro atoms. The molecule has 30 heavy (non-hydrogen) atoms. The van der Waals surface area contributed by atoms with E-state index in [9.17, 15) is 9.59 Å². The molecular formula is C24H22N2O4. The number of aryl methyl sites for hydroxylation is 1. The molecule has 0 saturated carbocycles. The summed E-state index contributed by atoms with van der Waals surface area (Å²) < 4.78 is 10.5. The van der Waals surface area contributed by atoms with Gasteiger partial charge in [-0.3, -0.25) is 0 Å². The summed E-state index contributed by atoms with van der Waals surface area (Å²) in [5.74, 6) is -0.510. The first-order valence-corrected chi connectivity index (χ1v) is 9.28. The first kappa shape index (κ1) is 20.7. The van der Waals surface area contributed by atoms with Crippen molar-refractivity contribution in [3.8, 4) is 5.75 Å². The van der Waals surface area contributed by atoms with Crippen molar-refractivity contribution < 1.29 is 19.1 Å². The molecule has 0 aliphatic carbocycles. The van der Waals surface area contributed by atoms with Crippen molar-refractivity contribution in [3.63, 3.8) is 0 Å². The maximum Gasteiger partial charge on any atom is 0.343 e. The topological polar surface area (TPSA) is 105 Å². The molecule has 3 rings (SSSR count). The van der Waals surface area contributed by atoms with Crippen molar-refractivity contribution in [3.05, 3.63) is 95.1 Å². The normalized spacial score (nSPS) is 10.7. The van der Waals surface area contributed by atoms with Gasteiger partial charge in [-0.05, 0) is 55.0 Å². The predicted octanol–water partition coefficient (Wildman–Crippen LogP) is 4.14. The highest BCUT2D eigenvalue weighted by molar-refractivity contribution is 5.91. The predicted molar refractivity (Wildman–Crippen MR) is 117 cm³/mol. The van der Waals surface area contributed by atoms with Gasteiger partial charge in [0, 0.05) is 23.0 Å². The summed E-state index contributed by atoms with van der Waals surface area (Å²) in [6.45, 7) is 2.01. The van der Waals surface area contributed by atoms with Crippen molar-refractivity contribution in [2.75, 3.05) is 11.5 Å². The molecule has 0 bridgehead atoms. The van der Waals surface area contributed by atoms with E-state index < -0.39 is 11.9 Å². The van der Waals surface area contributed by atoms with Crippen LogP contribution in [0.1, 0.15) is 27.0 Å². The molecule has 0 unspecified atom stereocenters. The van der Waals surface area contributed by atoms with Gasteiger partial charge in [-0.25, -0.2) is 9.59 Å². The molecule has 0 saturated heterocycles. The molecule has 6 nitrogen and oxygen atoms in total. The second-order valence-electron chi connectivity index (χ2n) is 6.72. The standard InChI is InChI=1S/C24H22N2O4/c1-16-2-7-18(8-3-16)24(28)30-21-11-4-17(5-12-21)6-13-23(27)29-15-19-9-10-20(25)14-22(19)26/h2-14H,15,25-26H2,1H3/b13-6+. The zero-order valence-electron chi connectivity index (χ0n) is 16.5. The van der Waals surface area contributed by atoms with Crippen LogP contribution in [0.2, 0.25) is 0 Å². The summed E-state index contributed by atoms with van der Waals surface area (Å²) in [6.07, 6.45) is 2.93. The third kappa shape index (κ3) is 5.72. The van der Waals surface area contributed by atoms with Crippen molar-refractivity contribution in [1.29, 1.82) is 0 Å². The Morgan fingerprint density at radius 1 is 0.933 bits per heavy atom. The molecule has 0 radical (unpaired) electrons. The average molecular weight is 402 g/mol. The number of hydrogen-bond donors (Lipinski definition) is 2. The fourth-order valence-corrected chi connectivity index (χ4v) is 2.61. The van der Waals surface area contributed by atoms with Crippen LogP contribution in [0.25, 0.3) is 6.08 Å². The summed E-state index contributed by atoms with van der Waals surface area (Å²) in [5, 5.41) is 0. The summed E-state index contributed by atoms with van der Waals surface area (Å²) in [5.41, 5.74) is 15.5. The highest BCUT2D eigenvalue weighted by Gasteiger charge is 2.08. The van der Waals surface area contributed by atoms with Crippen molar-refractivity contribution in [2.45, 2.75) is 13.5 Å². The third-order valence-corrected chi connectivity index (χ3v) is 4.33. The Hall–Kier alpha value is -4.06. The molecule has 0 aliphatic rings. The summed E-state index contributed by atoms with van der Waals surface area (Å²) in [7, 11) is 0. The number of benzene rings is 3. The zero-order chi connectivity index (χ0) is 21.5. The molecule has 152 valence electrons. The van der Waals surface area contributed by atoms with Crippen LogP contribution >= 0.6 is 0 Å². The van der Waals surface area contributed by atoms with Gasteiger partial charge in [0.2, 0.25) is 0 Å². The molecule has 0 aliphatic heterocycles. The number of carbonyl (C=O) groups excluding carboxylic acids is 2. The number of esters is 2. The number of rotatable bonds is 6. The van der Waals surface area contributed by atoms with Gasteiger partial charge in [-0.2, -0.15) is 0 Å². The number of carbonyl (C=O) groups is 2. The Labute approximate surface area is 174 Å². The van der Waals surface area contributed by atoms with Crippen LogP contribution in [0.15, 0.2) is 72.8 Å². The largest absolute Gasteiger partial charge is 0.458 e. The fraction of sp³-hybridized carbons (Fsp3) is 0.0833. The molecule has 0 heterocycles. The molecule has 0 fully saturated rings. The molecule has 0 aromatic heterocycles. The number of nitrogens with two attached hydrogens (primary N) is 2. The summed E-state index contributed by atoms with van der Waals surface area (Å²) in [6, 6.07) is 19.0. The highest BCUT2D eigenvalue weighted by Crippen LogP contribution is 2.17.